The van der Waals surface area contributed by atoms with Crippen LogP contribution in [0.3, 0.4) is 0 Å². The fourth-order valence-electron chi connectivity index (χ4n) is 4.13. The summed E-state index contributed by atoms with van der Waals surface area (Å²) >= 11 is 0. The van der Waals surface area contributed by atoms with Crippen molar-refractivity contribution in [1.29, 1.82) is 0 Å². The van der Waals surface area contributed by atoms with Crippen LogP contribution in [0.5, 0.6) is 0 Å². The summed E-state index contributed by atoms with van der Waals surface area (Å²) in [4.78, 5) is 0. The highest BCUT2D eigenvalue weighted by molar-refractivity contribution is 6.90. The first-order valence-electron chi connectivity index (χ1n) is 9.53. The van der Waals surface area contributed by atoms with Crippen LogP contribution in [0.2, 0.25) is 16.6 Å². The Bertz CT molecular complexity index is 891. The van der Waals surface area contributed by atoms with Crippen LogP contribution >= 0.6 is 0 Å². The molecular weight excluding hydrogens is 354 g/mol. The lowest BCUT2D eigenvalue weighted by atomic mass is 10.0. The SMILES string of the molecule is CC(C)[Si](C#CC(F)(F)C#Cc1cccc2ccccc12)(C(C)C)C(C)C. The maximum atomic E-state index is 14.5. The standard InChI is InChI=1S/C24H28F2Si/c1-18(2)27(19(3)4,20(5)6)17-16-24(25,26)15-14-22-12-9-11-21-10-7-8-13-23(21)22/h7-13,18-20H,1-6H3. The molecule has 0 aliphatic rings. The summed E-state index contributed by atoms with van der Waals surface area (Å²) in [5.41, 5.74) is 4.62. The topological polar surface area (TPSA) is 0 Å². The van der Waals surface area contributed by atoms with Crippen molar-refractivity contribution in [3.05, 3.63) is 48.0 Å². The zero-order valence-electron chi connectivity index (χ0n) is 17.0. The van der Waals surface area contributed by atoms with Crippen molar-refractivity contribution in [2.24, 2.45) is 0 Å². The summed E-state index contributed by atoms with van der Waals surface area (Å²) < 4.78 is 29.0. The monoisotopic (exact) mass is 382 g/mol. The fraction of sp³-hybridized carbons (Fsp3) is 0.417. The van der Waals surface area contributed by atoms with Crippen molar-refractivity contribution >= 4 is 18.8 Å². The van der Waals surface area contributed by atoms with Gasteiger partial charge < -0.3 is 0 Å². The van der Waals surface area contributed by atoms with Gasteiger partial charge >= 0.3 is 5.92 Å². The van der Waals surface area contributed by atoms with Gasteiger partial charge in [0.2, 0.25) is 0 Å². The summed E-state index contributed by atoms with van der Waals surface area (Å²) in [7, 11) is -2.20. The first-order valence-corrected chi connectivity index (χ1v) is 11.8. The van der Waals surface area contributed by atoms with Crippen LogP contribution in [0.4, 0.5) is 8.78 Å². The quantitative estimate of drug-likeness (QED) is 0.394. The van der Waals surface area contributed by atoms with Crippen molar-refractivity contribution in [3.8, 4) is 23.3 Å². The van der Waals surface area contributed by atoms with Crippen molar-refractivity contribution in [2.45, 2.75) is 64.1 Å². The second-order valence-electron chi connectivity index (χ2n) is 8.00. The molecule has 2 aromatic carbocycles. The Kier molecular flexibility index (Phi) is 6.50. The smallest absolute Gasteiger partial charge is 0.178 e. The number of rotatable bonds is 3. The van der Waals surface area contributed by atoms with Crippen molar-refractivity contribution in [1.82, 2.24) is 0 Å². The molecule has 0 aliphatic carbocycles. The molecule has 2 rings (SSSR count). The molecule has 0 atom stereocenters. The molecule has 0 saturated carbocycles. The van der Waals surface area contributed by atoms with Crippen LogP contribution in [-0.4, -0.2) is 14.0 Å². The van der Waals surface area contributed by atoms with Gasteiger partial charge in [0.05, 0.1) is 0 Å². The highest BCUT2D eigenvalue weighted by Gasteiger charge is 2.42. The Morgan fingerprint density at radius 2 is 1.33 bits per heavy atom. The maximum Gasteiger partial charge on any atom is 0.370 e. The summed E-state index contributed by atoms with van der Waals surface area (Å²) in [6.45, 7) is 12.7. The van der Waals surface area contributed by atoms with E-state index in [2.05, 4.69) is 64.8 Å². The normalized spacial score (nSPS) is 12.1. The minimum absolute atomic E-state index is 0.312. The van der Waals surface area contributed by atoms with E-state index in [1.807, 2.05) is 36.4 Å². The first kappa shape index (κ1) is 21.2. The Hall–Kier alpha value is -2.10. The Labute approximate surface area is 163 Å². The highest BCUT2D eigenvalue weighted by Crippen LogP contribution is 2.41. The van der Waals surface area contributed by atoms with E-state index in [0.29, 0.717) is 22.2 Å². The molecule has 27 heavy (non-hydrogen) atoms. The number of hydrogen-bond acceptors (Lipinski definition) is 0. The van der Waals surface area contributed by atoms with Crippen LogP contribution < -0.4 is 0 Å². The van der Waals surface area contributed by atoms with E-state index >= 15 is 0 Å². The third kappa shape index (κ3) is 4.60. The second-order valence-corrected chi connectivity index (χ2v) is 13.6. The minimum atomic E-state index is -3.31. The van der Waals surface area contributed by atoms with Crippen molar-refractivity contribution in [3.63, 3.8) is 0 Å². The van der Waals surface area contributed by atoms with Crippen LogP contribution in [0, 0.1) is 23.3 Å². The fourth-order valence-corrected chi connectivity index (χ4v) is 9.37. The third-order valence-electron chi connectivity index (χ3n) is 5.45. The molecule has 0 amide bonds. The van der Waals surface area contributed by atoms with Gasteiger partial charge in [-0.15, -0.1) is 5.54 Å². The Morgan fingerprint density at radius 3 is 1.93 bits per heavy atom. The summed E-state index contributed by atoms with van der Waals surface area (Å²) in [5, 5.41) is 1.87. The molecule has 0 bridgehead atoms. The Morgan fingerprint density at radius 1 is 0.778 bits per heavy atom. The zero-order chi connectivity index (χ0) is 20.2. The number of hydrogen-bond donors (Lipinski definition) is 0. The van der Waals surface area contributed by atoms with Gasteiger partial charge in [-0.25, -0.2) is 0 Å². The van der Waals surface area contributed by atoms with Crippen LogP contribution in [0.25, 0.3) is 10.8 Å². The van der Waals surface area contributed by atoms with Crippen molar-refractivity contribution < 1.29 is 8.78 Å². The molecule has 0 aromatic heterocycles. The first-order chi connectivity index (χ1) is 12.6. The van der Waals surface area contributed by atoms with Gasteiger partial charge in [-0.3, -0.25) is 0 Å². The predicted molar refractivity (Wildman–Crippen MR) is 115 cm³/mol. The van der Waals surface area contributed by atoms with E-state index in [-0.39, 0.29) is 0 Å². The molecule has 0 nitrogen and oxygen atoms in total. The largest absolute Gasteiger partial charge is 0.370 e. The van der Waals surface area contributed by atoms with E-state index in [1.165, 1.54) is 0 Å². The highest BCUT2D eigenvalue weighted by atomic mass is 28.3. The van der Waals surface area contributed by atoms with E-state index in [0.717, 1.165) is 10.8 Å². The predicted octanol–water partition coefficient (Wildman–Crippen LogP) is 7.05. The van der Waals surface area contributed by atoms with Gasteiger partial charge in [0.1, 0.15) is 8.07 Å². The molecule has 0 fully saturated rings. The molecule has 142 valence electrons. The zero-order valence-corrected chi connectivity index (χ0v) is 18.0. The molecule has 3 heteroatoms. The van der Waals surface area contributed by atoms with Gasteiger partial charge in [-0.2, -0.15) is 8.78 Å². The summed E-state index contributed by atoms with van der Waals surface area (Å²) in [6, 6.07) is 13.2. The van der Waals surface area contributed by atoms with Gasteiger partial charge in [0, 0.05) is 5.56 Å². The molecule has 0 saturated heterocycles. The molecule has 0 heterocycles. The van der Waals surface area contributed by atoms with Gasteiger partial charge in [0.15, 0.2) is 0 Å². The molecule has 2 aromatic rings. The van der Waals surface area contributed by atoms with Crippen LogP contribution in [0.15, 0.2) is 42.5 Å². The Balaban J connectivity index is 2.44. The summed E-state index contributed by atoms with van der Waals surface area (Å²) in [6.07, 6.45) is 0. The number of fused-ring (bicyclic) bond motifs is 1. The molecule has 0 aliphatic heterocycles. The molecule has 0 spiro atoms. The van der Waals surface area contributed by atoms with Gasteiger partial charge in [-0.1, -0.05) is 83.9 Å². The lowest BCUT2D eigenvalue weighted by Crippen LogP contribution is -2.43. The van der Waals surface area contributed by atoms with E-state index in [4.69, 9.17) is 0 Å². The molecule has 0 unspecified atom stereocenters. The van der Waals surface area contributed by atoms with Gasteiger partial charge in [0.25, 0.3) is 0 Å². The average Bonchev–Trinajstić information content (AvgIpc) is 2.59. The molecular formula is C24H28F2Si. The van der Waals surface area contributed by atoms with E-state index in [9.17, 15) is 8.78 Å². The maximum absolute atomic E-state index is 14.5. The lowest BCUT2D eigenvalue weighted by Gasteiger charge is -2.38. The van der Waals surface area contributed by atoms with Crippen molar-refractivity contribution in [2.75, 3.05) is 0 Å². The van der Waals surface area contributed by atoms with Crippen LogP contribution in [-0.2, 0) is 0 Å². The second kappa shape index (κ2) is 8.28. The lowest BCUT2D eigenvalue weighted by molar-refractivity contribution is 0.134. The molecule has 0 radical (unpaired) electrons. The summed E-state index contributed by atoms with van der Waals surface area (Å²) in [5.74, 6) is 3.74. The molecule has 0 N–H and O–H groups in total. The van der Waals surface area contributed by atoms with E-state index in [1.54, 1.807) is 6.07 Å². The minimum Gasteiger partial charge on any atom is -0.178 e. The third-order valence-corrected chi connectivity index (χ3v) is 11.7. The van der Waals surface area contributed by atoms with Crippen LogP contribution in [0.1, 0.15) is 47.1 Å². The van der Waals surface area contributed by atoms with Gasteiger partial charge in [-0.05, 0) is 45.3 Å². The van der Waals surface area contributed by atoms with E-state index < -0.39 is 14.0 Å². The average molecular weight is 383 g/mol. The number of alkyl halides is 2. The number of halogens is 2. The number of benzene rings is 2.